The van der Waals surface area contributed by atoms with Gasteiger partial charge in [-0.3, -0.25) is 0 Å². The van der Waals surface area contributed by atoms with Gasteiger partial charge in [0.05, 0.1) is 11.0 Å². The fourth-order valence-corrected chi connectivity index (χ4v) is 3.50. The topological polar surface area (TPSA) is 20.7 Å². The van der Waals surface area contributed by atoms with E-state index in [2.05, 4.69) is 16.5 Å². The molecule has 2 aromatic rings. The van der Waals surface area contributed by atoms with E-state index in [4.69, 9.17) is 12.2 Å². The Hall–Kier alpha value is -1.16. The van der Waals surface area contributed by atoms with Crippen LogP contribution in [0.2, 0.25) is 0 Å². The van der Waals surface area contributed by atoms with Crippen LogP contribution in [0.1, 0.15) is 32.6 Å². The zero-order chi connectivity index (χ0) is 13.4. The SMILES string of the molecule is CC1CCCCC1Cn1c(=S)[nH]c2cc(F)ccc21. The van der Waals surface area contributed by atoms with E-state index in [1.807, 2.05) is 6.07 Å². The van der Waals surface area contributed by atoms with Crippen molar-refractivity contribution in [3.63, 3.8) is 0 Å². The number of nitrogens with one attached hydrogen (secondary N) is 1. The number of fused-ring (bicyclic) bond motifs is 1. The Kier molecular flexibility index (Phi) is 3.44. The second-order valence-electron chi connectivity index (χ2n) is 5.72. The van der Waals surface area contributed by atoms with Crippen LogP contribution in [0.15, 0.2) is 18.2 Å². The minimum Gasteiger partial charge on any atom is -0.330 e. The summed E-state index contributed by atoms with van der Waals surface area (Å²) in [6.45, 7) is 3.29. The molecule has 1 aromatic heterocycles. The molecule has 2 unspecified atom stereocenters. The largest absolute Gasteiger partial charge is 0.330 e. The smallest absolute Gasteiger partial charge is 0.178 e. The van der Waals surface area contributed by atoms with Crippen molar-refractivity contribution < 1.29 is 4.39 Å². The lowest BCUT2D eigenvalue weighted by Gasteiger charge is -2.29. The second-order valence-corrected chi connectivity index (χ2v) is 6.11. The van der Waals surface area contributed by atoms with Gasteiger partial charge in [0.25, 0.3) is 0 Å². The van der Waals surface area contributed by atoms with E-state index in [0.717, 1.165) is 23.5 Å². The Labute approximate surface area is 117 Å². The summed E-state index contributed by atoms with van der Waals surface area (Å²) >= 11 is 5.39. The van der Waals surface area contributed by atoms with Crippen molar-refractivity contribution in [2.45, 2.75) is 39.2 Å². The third kappa shape index (κ3) is 2.46. The highest BCUT2D eigenvalue weighted by Crippen LogP contribution is 2.31. The van der Waals surface area contributed by atoms with Gasteiger partial charge in [-0.15, -0.1) is 0 Å². The molecule has 1 saturated carbocycles. The quantitative estimate of drug-likeness (QED) is 0.792. The van der Waals surface area contributed by atoms with E-state index in [-0.39, 0.29) is 5.82 Å². The Morgan fingerprint density at radius 2 is 2.16 bits per heavy atom. The standard InChI is InChI=1S/C15H19FN2S/c1-10-4-2-3-5-11(10)9-18-14-7-6-12(16)8-13(14)17-15(18)19/h6-8,10-11H,2-5,9H2,1H3,(H,17,19). The normalized spacial score (nSPS) is 23.9. The Bertz CT molecular complexity index is 643. The fourth-order valence-electron chi connectivity index (χ4n) is 3.22. The molecule has 102 valence electrons. The number of nitrogens with zero attached hydrogens (tertiary/aromatic N) is 1. The van der Waals surface area contributed by atoms with Crippen LogP contribution in [-0.2, 0) is 6.54 Å². The summed E-state index contributed by atoms with van der Waals surface area (Å²) in [4.78, 5) is 3.11. The zero-order valence-corrected chi connectivity index (χ0v) is 12.0. The maximum Gasteiger partial charge on any atom is 0.178 e. The number of rotatable bonds is 2. The molecule has 19 heavy (non-hydrogen) atoms. The number of hydrogen-bond donors (Lipinski definition) is 1. The summed E-state index contributed by atoms with van der Waals surface area (Å²) in [5, 5.41) is 0. The molecule has 2 atom stereocenters. The number of H-pyrrole nitrogens is 1. The van der Waals surface area contributed by atoms with Gasteiger partial charge in [0.1, 0.15) is 5.82 Å². The highest BCUT2D eigenvalue weighted by Gasteiger charge is 2.22. The number of imidazole rings is 1. The zero-order valence-electron chi connectivity index (χ0n) is 11.2. The van der Waals surface area contributed by atoms with Crippen LogP contribution in [0.3, 0.4) is 0 Å². The van der Waals surface area contributed by atoms with Crippen LogP contribution in [0.5, 0.6) is 0 Å². The van der Waals surface area contributed by atoms with Crippen molar-refractivity contribution >= 4 is 23.3 Å². The van der Waals surface area contributed by atoms with Gasteiger partial charge < -0.3 is 9.55 Å². The van der Waals surface area contributed by atoms with Gasteiger partial charge in [-0.05, 0) is 48.7 Å². The molecule has 0 amide bonds. The van der Waals surface area contributed by atoms with Crippen molar-refractivity contribution in [1.82, 2.24) is 9.55 Å². The van der Waals surface area contributed by atoms with Gasteiger partial charge >= 0.3 is 0 Å². The monoisotopic (exact) mass is 278 g/mol. The van der Waals surface area contributed by atoms with E-state index in [1.165, 1.54) is 37.8 Å². The highest BCUT2D eigenvalue weighted by atomic mass is 32.1. The molecule has 1 aromatic carbocycles. The average Bonchev–Trinajstić information content (AvgIpc) is 2.68. The van der Waals surface area contributed by atoms with Gasteiger partial charge in [0.15, 0.2) is 4.77 Å². The Morgan fingerprint density at radius 3 is 2.95 bits per heavy atom. The minimum atomic E-state index is -0.220. The lowest BCUT2D eigenvalue weighted by atomic mass is 9.80. The minimum absolute atomic E-state index is 0.220. The van der Waals surface area contributed by atoms with Crippen LogP contribution in [-0.4, -0.2) is 9.55 Å². The summed E-state index contributed by atoms with van der Waals surface area (Å²) in [6.07, 6.45) is 5.26. The highest BCUT2D eigenvalue weighted by molar-refractivity contribution is 7.71. The van der Waals surface area contributed by atoms with Gasteiger partial charge in [-0.1, -0.05) is 26.2 Å². The predicted octanol–water partition coefficient (Wildman–Crippen LogP) is 4.66. The lowest BCUT2D eigenvalue weighted by Crippen LogP contribution is -2.22. The summed E-state index contributed by atoms with van der Waals surface area (Å²) in [7, 11) is 0. The van der Waals surface area contributed by atoms with E-state index in [9.17, 15) is 4.39 Å². The molecule has 0 aliphatic heterocycles. The second kappa shape index (κ2) is 5.08. The van der Waals surface area contributed by atoms with Gasteiger partial charge in [-0.25, -0.2) is 4.39 Å². The molecule has 2 nitrogen and oxygen atoms in total. The average molecular weight is 278 g/mol. The third-order valence-corrected chi connectivity index (χ3v) is 4.76. The summed E-state index contributed by atoms with van der Waals surface area (Å²) in [6, 6.07) is 4.85. The number of benzene rings is 1. The lowest BCUT2D eigenvalue weighted by molar-refractivity contribution is 0.230. The first-order valence-corrected chi connectivity index (χ1v) is 7.44. The van der Waals surface area contributed by atoms with E-state index in [1.54, 1.807) is 0 Å². The van der Waals surface area contributed by atoms with Crippen LogP contribution < -0.4 is 0 Å². The van der Waals surface area contributed by atoms with Crippen molar-refractivity contribution in [3.05, 3.63) is 28.8 Å². The number of halogens is 1. The molecule has 1 aliphatic rings. The summed E-state index contributed by atoms with van der Waals surface area (Å²) in [5.41, 5.74) is 1.82. The van der Waals surface area contributed by atoms with Crippen molar-refractivity contribution in [3.8, 4) is 0 Å². The molecule has 0 radical (unpaired) electrons. The maximum absolute atomic E-state index is 13.2. The Morgan fingerprint density at radius 1 is 1.37 bits per heavy atom. The molecule has 1 heterocycles. The van der Waals surface area contributed by atoms with Crippen LogP contribution >= 0.6 is 12.2 Å². The molecular formula is C15H19FN2S. The molecule has 3 rings (SSSR count). The molecule has 4 heteroatoms. The number of hydrogen-bond acceptors (Lipinski definition) is 1. The van der Waals surface area contributed by atoms with Crippen LogP contribution in [0.4, 0.5) is 4.39 Å². The van der Waals surface area contributed by atoms with Crippen molar-refractivity contribution in [2.75, 3.05) is 0 Å². The van der Waals surface area contributed by atoms with Crippen molar-refractivity contribution in [2.24, 2.45) is 11.8 Å². The molecule has 0 saturated heterocycles. The molecule has 1 aliphatic carbocycles. The van der Waals surface area contributed by atoms with Crippen LogP contribution in [0, 0.1) is 22.4 Å². The first-order chi connectivity index (χ1) is 9.15. The molecule has 0 spiro atoms. The number of aromatic amines is 1. The first-order valence-electron chi connectivity index (χ1n) is 7.03. The van der Waals surface area contributed by atoms with E-state index in [0.29, 0.717) is 10.7 Å². The number of aromatic nitrogens is 2. The molecule has 0 bridgehead atoms. The van der Waals surface area contributed by atoms with Crippen LogP contribution in [0.25, 0.3) is 11.0 Å². The molecule has 1 N–H and O–H groups in total. The summed E-state index contributed by atoms with van der Waals surface area (Å²) < 4.78 is 16.1. The predicted molar refractivity (Wildman–Crippen MR) is 78.2 cm³/mol. The Balaban J connectivity index is 1.96. The molecular weight excluding hydrogens is 259 g/mol. The first kappa shape index (κ1) is 12.9. The van der Waals surface area contributed by atoms with Gasteiger partial charge in [0.2, 0.25) is 0 Å². The fraction of sp³-hybridized carbons (Fsp3) is 0.533. The van der Waals surface area contributed by atoms with E-state index < -0.39 is 0 Å². The maximum atomic E-state index is 13.2. The molecule has 1 fully saturated rings. The van der Waals surface area contributed by atoms with Gasteiger partial charge in [-0.2, -0.15) is 0 Å². The van der Waals surface area contributed by atoms with E-state index >= 15 is 0 Å². The van der Waals surface area contributed by atoms with Crippen molar-refractivity contribution in [1.29, 1.82) is 0 Å². The van der Waals surface area contributed by atoms with Gasteiger partial charge in [0, 0.05) is 6.54 Å². The third-order valence-electron chi connectivity index (χ3n) is 4.44. The summed E-state index contributed by atoms with van der Waals surface area (Å²) in [5.74, 6) is 1.22.